The molecule has 7 nitrogen and oxygen atoms in total. The molecule has 0 radical (unpaired) electrons. The Bertz CT molecular complexity index is 959. The number of benzene rings is 1. The van der Waals surface area contributed by atoms with Gasteiger partial charge in [0, 0.05) is 32.6 Å². The summed E-state index contributed by atoms with van der Waals surface area (Å²) in [6.07, 6.45) is 2.18. The van der Waals surface area contributed by atoms with Crippen molar-refractivity contribution in [1.82, 2.24) is 24.0 Å². The zero-order chi connectivity index (χ0) is 19.2. The minimum absolute atomic E-state index is 0.260. The third-order valence-electron chi connectivity index (χ3n) is 5.45. The van der Waals surface area contributed by atoms with Crippen molar-refractivity contribution < 1.29 is 12.8 Å². The number of likely N-dealkylation sites (N-methyl/N-ethyl adjacent to an activating group) is 1. The van der Waals surface area contributed by atoms with Crippen LogP contribution in [0.15, 0.2) is 23.1 Å². The molecule has 9 heteroatoms. The van der Waals surface area contributed by atoms with Crippen LogP contribution in [-0.4, -0.2) is 59.1 Å². The maximum Gasteiger partial charge on any atom is 0.246 e. The van der Waals surface area contributed by atoms with Gasteiger partial charge in [0.25, 0.3) is 0 Å². The van der Waals surface area contributed by atoms with Crippen molar-refractivity contribution in [3.8, 4) is 0 Å². The van der Waals surface area contributed by atoms with Crippen molar-refractivity contribution >= 4 is 10.0 Å². The molecule has 2 aliphatic heterocycles. The molecule has 1 fully saturated rings. The van der Waals surface area contributed by atoms with Crippen molar-refractivity contribution in [2.45, 2.75) is 43.7 Å². The second kappa shape index (κ2) is 6.96. The number of hydrogen-bond acceptors (Lipinski definition) is 5. The van der Waals surface area contributed by atoms with Gasteiger partial charge >= 0.3 is 0 Å². The maximum atomic E-state index is 14.3. The largest absolute Gasteiger partial charge is 0.312 e. The van der Waals surface area contributed by atoms with Gasteiger partial charge in [0.05, 0.1) is 6.04 Å². The van der Waals surface area contributed by atoms with Crippen LogP contribution in [0, 0.1) is 12.7 Å². The third-order valence-corrected chi connectivity index (χ3v) is 7.38. The Morgan fingerprint density at radius 2 is 1.96 bits per heavy atom. The van der Waals surface area contributed by atoms with Gasteiger partial charge in [0.2, 0.25) is 10.0 Å². The number of aromatic nitrogens is 3. The first-order valence-electron chi connectivity index (χ1n) is 9.26. The fourth-order valence-electron chi connectivity index (χ4n) is 3.92. The molecule has 27 heavy (non-hydrogen) atoms. The Kier molecular flexibility index (Phi) is 4.77. The van der Waals surface area contributed by atoms with Crippen molar-refractivity contribution in [3.63, 3.8) is 0 Å². The smallest absolute Gasteiger partial charge is 0.246 e. The van der Waals surface area contributed by atoms with Gasteiger partial charge in [-0.3, -0.25) is 0 Å². The van der Waals surface area contributed by atoms with E-state index in [1.165, 1.54) is 16.4 Å². The lowest BCUT2D eigenvalue weighted by atomic mass is 10.2. The molecule has 1 aromatic heterocycles. The number of aryl methyl sites for hydroxylation is 1. The highest BCUT2D eigenvalue weighted by molar-refractivity contribution is 7.89. The highest BCUT2D eigenvalue weighted by Crippen LogP contribution is 2.37. The van der Waals surface area contributed by atoms with Crippen LogP contribution in [0.3, 0.4) is 0 Å². The maximum absolute atomic E-state index is 14.3. The van der Waals surface area contributed by atoms with Crippen LogP contribution >= 0.6 is 0 Å². The van der Waals surface area contributed by atoms with Crippen molar-refractivity contribution in [2.75, 3.05) is 26.7 Å². The molecule has 146 valence electrons. The minimum atomic E-state index is -3.95. The summed E-state index contributed by atoms with van der Waals surface area (Å²) in [5, 5.41) is 8.65. The zero-order valence-corrected chi connectivity index (χ0v) is 16.4. The Balaban J connectivity index is 1.71. The van der Waals surface area contributed by atoms with Crippen LogP contribution in [0.25, 0.3) is 0 Å². The van der Waals surface area contributed by atoms with E-state index in [-0.39, 0.29) is 4.90 Å². The van der Waals surface area contributed by atoms with Gasteiger partial charge in [0.15, 0.2) is 5.82 Å². The standard InChI is InChI=1S/C18H24FN5O2S/c1-13-5-6-14(19)16(12-13)27(25,26)24-8-3-4-15(24)18-21-20-17-7-9-22(2)10-11-23(17)18/h5-6,12,15H,3-4,7-11H2,1-2H3/t15-/m1/s1. The predicted molar refractivity (Wildman–Crippen MR) is 98.2 cm³/mol. The SMILES string of the molecule is Cc1ccc(F)c(S(=O)(=O)N2CCC[C@@H]2c2nnc3n2CCN(C)CC3)c1. The van der Waals surface area contributed by atoms with Crippen LogP contribution in [0.4, 0.5) is 4.39 Å². The van der Waals surface area contributed by atoms with Gasteiger partial charge in [-0.1, -0.05) is 6.07 Å². The van der Waals surface area contributed by atoms with Crippen molar-refractivity contribution in [1.29, 1.82) is 0 Å². The first kappa shape index (κ1) is 18.5. The van der Waals surface area contributed by atoms with E-state index in [0.717, 1.165) is 38.3 Å². The highest BCUT2D eigenvalue weighted by Gasteiger charge is 2.40. The van der Waals surface area contributed by atoms with E-state index in [2.05, 4.69) is 26.7 Å². The summed E-state index contributed by atoms with van der Waals surface area (Å²) in [7, 11) is -1.88. The minimum Gasteiger partial charge on any atom is -0.312 e. The van der Waals surface area contributed by atoms with Crippen molar-refractivity contribution in [2.24, 2.45) is 0 Å². The van der Waals surface area contributed by atoms with Crippen LogP contribution in [0.5, 0.6) is 0 Å². The monoisotopic (exact) mass is 393 g/mol. The molecule has 0 bridgehead atoms. The van der Waals surface area contributed by atoms with E-state index in [0.29, 0.717) is 24.4 Å². The molecule has 3 heterocycles. The molecule has 0 unspecified atom stereocenters. The van der Waals surface area contributed by atoms with E-state index in [4.69, 9.17) is 0 Å². The summed E-state index contributed by atoms with van der Waals surface area (Å²) in [5.74, 6) is 0.850. The average molecular weight is 393 g/mol. The molecule has 2 aliphatic rings. The van der Waals surface area contributed by atoms with Gasteiger partial charge in [-0.2, -0.15) is 4.31 Å². The summed E-state index contributed by atoms with van der Waals surface area (Å²) in [6.45, 7) is 4.62. The molecule has 0 saturated carbocycles. The van der Waals surface area contributed by atoms with Crippen molar-refractivity contribution in [3.05, 3.63) is 41.2 Å². The Labute approximate surface area is 158 Å². The highest BCUT2D eigenvalue weighted by atomic mass is 32.2. The zero-order valence-electron chi connectivity index (χ0n) is 15.6. The molecule has 0 aliphatic carbocycles. The second-order valence-electron chi connectivity index (χ2n) is 7.39. The summed E-state index contributed by atoms with van der Waals surface area (Å²) >= 11 is 0. The topological polar surface area (TPSA) is 71.3 Å². The van der Waals surface area contributed by atoms with Gasteiger partial charge in [-0.05, 0) is 44.5 Å². The van der Waals surface area contributed by atoms with Gasteiger partial charge in [-0.25, -0.2) is 12.8 Å². The molecule has 0 amide bonds. The summed E-state index contributed by atoms with van der Waals surface area (Å²) in [6, 6.07) is 3.79. The molecule has 2 aromatic rings. The van der Waals surface area contributed by atoms with Gasteiger partial charge in [-0.15, -0.1) is 10.2 Å². The fraction of sp³-hybridized carbons (Fsp3) is 0.556. The number of nitrogens with zero attached hydrogens (tertiary/aromatic N) is 5. The first-order chi connectivity index (χ1) is 12.9. The van der Waals surface area contributed by atoms with E-state index in [1.54, 1.807) is 13.0 Å². The number of hydrogen-bond donors (Lipinski definition) is 0. The first-order valence-corrected chi connectivity index (χ1v) is 10.7. The molecule has 0 spiro atoms. The number of fused-ring (bicyclic) bond motifs is 1. The van der Waals surface area contributed by atoms with Crippen LogP contribution in [0.1, 0.15) is 36.1 Å². The van der Waals surface area contributed by atoms with Crippen LogP contribution < -0.4 is 0 Å². The fourth-order valence-corrected chi connectivity index (χ4v) is 5.72. The summed E-state index contributed by atoms with van der Waals surface area (Å²) in [5.41, 5.74) is 0.713. The molecule has 4 rings (SSSR count). The van der Waals surface area contributed by atoms with E-state index in [1.807, 2.05) is 0 Å². The molecule has 1 saturated heterocycles. The van der Waals surface area contributed by atoms with E-state index >= 15 is 0 Å². The number of rotatable bonds is 3. The van der Waals surface area contributed by atoms with Crippen LogP contribution in [0.2, 0.25) is 0 Å². The van der Waals surface area contributed by atoms with E-state index in [9.17, 15) is 12.8 Å². The van der Waals surface area contributed by atoms with Gasteiger partial charge < -0.3 is 9.47 Å². The normalized spacial score (nSPS) is 22.0. The lowest BCUT2D eigenvalue weighted by molar-refractivity contribution is 0.330. The Morgan fingerprint density at radius 1 is 1.15 bits per heavy atom. The van der Waals surface area contributed by atoms with E-state index < -0.39 is 21.9 Å². The molecular weight excluding hydrogens is 369 g/mol. The lowest BCUT2D eigenvalue weighted by Gasteiger charge is -2.24. The molecule has 0 N–H and O–H groups in total. The molecule has 1 aromatic carbocycles. The van der Waals surface area contributed by atoms with Gasteiger partial charge in [0.1, 0.15) is 16.5 Å². The average Bonchev–Trinajstić information content (AvgIpc) is 3.23. The third kappa shape index (κ3) is 3.28. The number of halogens is 1. The second-order valence-corrected chi connectivity index (χ2v) is 9.25. The predicted octanol–water partition coefficient (Wildman–Crippen LogP) is 1.74. The molecular formula is C18H24FN5O2S. The Hall–Kier alpha value is -1.84. The number of sulfonamides is 1. The summed E-state index contributed by atoms with van der Waals surface area (Å²) < 4.78 is 44.2. The quantitative estimate of drug-likeness (QED) is 0.794. The lowest BCUT2D eigenvalue weighted by Crippen LogP contribution is -2.33. The Morgan fingerprint density at radius 3 is 2.78 bits per heavy atom. The molecule has 1 atom stereocenters. The van der Waals surface area contributed by atoms with Crippen LogP contribution in [-0.2, 0) is 23.0 Å². The summed E-state index contributed by atoms with van der Waals surface area (Å²) in [4.78, 5) is 1.97.